The van der Waals surface area contributed by atoms with Crippen molar-refractivity contribution in [3.63, 3.8) is 0 Å². The molecule has 0 bridgehead atoms. The smallest absolute Gasteiger partial charge is 0.227 e. The minimum Gasteiger partial charge on any atom is -0.354 e. The first kappa shape index (κ1) is 14.9. The predicted octanol–water partition coefficient (Wildman–Crippen LogP) is 2.18. The molecule has 0 N–H and O–H groups in total. The number of anilines is 1. The van der Waals surface area contributed by atoms with Gasteiger partial charge < -0.3 is 9.80 Å². The van der Waals surface area contributed by atoms with E-state index in [1.807, 2.05) is 13.8 Å². The Morgan fingerprint density at radius 1 is 1.13 bits per heavy atom. The summed E-state index contributed by atoms with van der Waals surface area (Å²) in [7, 11) is 0. The molecule has 1 aromatic rings. The number of carbonyl (C=O) groups is 1. The fourth-order valence-corrected chi connectivity index (χ4v) is 4.65. The lowest BCUT2D eigenvalue weighted by molar-refractivity contribution is -0.134. The Bertz CT molecular complexity index is 605. The summed E-state index contributed by atoms with van der Waals surface area (Å²) in [6.07, 6.45) is 6.76. The molecule has 3 aliphatic rings. The maximum Gasteiger partial charge on any atom is 0.227 e. The van der Waals surface area contributed by atoms with Crippen LogP contribution < -0.4 is 4.90 Å². The molecule has 1 aliphatic carbocycles. The number of aromatic nitrogens is 2. The van der Waals surface area contributed by atoms with Gasteiger partial charge >= 0.3 is 0 Å². The first-order valence-electron chi connectivity index (χ1n) is 8.96. The van der Waals surface area contributed by atoms with Crippen molar-refractivity contribution in [2.45, 2.75) is 39.5 Å². The summed E-state index contributed by atoms with van der Waals surface area (Å²) in [5.41, 5.74) is 1.90. The second kappa shape index (κ2) is 5.77. The second-order valence-electron chi connectivity index (χ2n) is 7.55. The maximum atomic E-state index is 12.9. The van der Waals surface area contributed by atoms with Gasteiger partial charge in [0.2, 0.25) is 5.91 Å². The summed E-state index contributed by atoms with van der Waals surface area (Å²) in [4.78, 5) is 26.3. The zero-order chi connectivity index (χ0) is 16.0. The van der Waals surface area contributed by atoms with Crippen LogP contribution in [0.5, 0.6) is 0 Å². The minimum atomic E-state index is 0.135. The first-order valence-corrected chi connectivity index (χ1v) is 8.96. The predicted molar refractivity (Wildman–Crippen MR) is 89.2 cm³/mol. The van der Waals surface area contributed by atoms with E-state index in [1.165, 1.54) is 19.3 Å². The number of fused-ring (bicyclic) bond motifs is 1. The van der Waals surface area contributed by atoms with Gasteiger partial charge in [-0.25, -0.2) is 4.98 Å². The fourth-order valence-electron chi connectivity index (χ4n) is 4.65. The van der Waals surface area contributed by atoms with Gasteiger partial charge in [0.15, 0.2) is 0 Å². The van der Waals surface area contributed by atoms with Crippen molar-refractivity contribution in [1.82, 2.24) is 14.9 Å². The van der Waals surface area contributed by atoms with E-state index in [2.05, 4.69) is 19.8 Å². The summed E-state index contributed by atoms with van der Waals surface area (Å²) >= 11 is 0. The standard InChI is InChI=1S/C18H26N4O/c1-12-8-19-13(2)17(20-12)21-7-6-16(11-21)18(23)22-9-14-4-3-5-15(14)10-22/h8,14-16H,3-7,9-11H2,1-2H3. The number of aryl methyl sites for hydroxylation is 2. The Labute approximate surface area is 138 Å². The second-order valence-corrected chi connectivity index (χ2v) is 7.55. The van der Waals surface area contributed by atoms with Gasteiger partial charge in [-0.15, -0.1) is 0 Å². The third kappa shape index (κ3) is 2.70. The van der Waals surface area contributed by atoms with Gasteiger partial charge in [-0.05, 0) is 44.9 Å². The van der Waals surface area contributed by atoms with Crippen molar-refractivity contribution < 1.29 is 4.79 Å². The molecule has 124 valence electrons. The molecule has 4 rings (SSSR count). The van der Waals surface area contributed by atoms with E-state index >= 15 is 0 Å². The summed E-state index contributed by atoms with van der Waals surface area (Å²) in [6, 6.07) is 0. The number of rotatable bonds is 2. The van der Waals surface area contributed by atoms with Crippen molar-refractivity contribution >= 4 is 11.7 Å². The van der Waals surface area contributed by atoms with Gasteiger partial charge in [0.1, 0.15) is 5.82 Å². The summed E-state index contributed by atoms with van der Waals surface area (Å²) in [5, 5.41) is 0. The lowest BCUT2D eigenvalue weighted by Gasteiger charge is -2.23. The lowest BCUT2D eigenvalue weighted by atomic mass is 10.0. The number of hydrogen-bond acceptors (Lipinski definition) is 4. The Balaban J connectivity index is 1.42. The molecule has 1 aromatic heterocycles. The highest BCUT2D eigenvalue weighted by atomic mass is 16.2. The summed E-state index contributed by atoms with van der Waals surface area (Å²) < 4.78 is 0. The Hall–Kier alpha value is -1.65. The minimum absolute atomic E-state index is 0.135. The van der Waals surface area contributed by atoms with Crippen molar-refractivity contribution in [3.8, 4) is 0 Å². The van der Waals surface area contributed by atoms with Crippen LogP contribution in [-0.4, -0.2) is 47.0 Å². The van der Waals surface area contributed by atoms with E-state index in [0.29, 0.717) is 5.91 Å². The van der Waals surface area contributed by atoms with Crippen LogP contribution in [0.1, 0.15) is 37.1 Å². The maximum absolute atomic E-state index is 12.9. The van der Waals surface area contributed by atoms with Crippen LogP contribution in [0.15, 0.2) is 6.20 Å². The van der Waals surface area contributed by atoms with Crippen LogP contribution in [0.4, 0.5) is 5.82 Å². The summed E-state index contributed by atoms with van der Waals surface area (Å²) in [5.74, 6) is 3.02. The molecule has 3 atom stereocenters. The molecule has 3 unspecified atom stereocenters. The van der Waals surface area contributed by atoms with E-state index in [-0.39, 0.29) is 5.92 Å². The van der Waals surface area contributed by atoms with Crippen molar-refractivity contribution in [3.05, 3.63) is 17.6 Å². The van der Waals surface area contributed by atoms with E-state index in [1.54, 1.807) is 6.20 Å². The van der Waals surface area contributed by atoms with Crippen molar-refractivity contribution in [1.29, 1.82) is 0 Å². The normalized spacial score (nSPS) is 30.1. The number of likely N-dealkylation sites (tertiary alicyclic amines) is 1. The molecule has 0 aromatic carbocycles. The van der Waals surface area contributed by atoms with E-state index < -0.39 is 0 Å². The highest BCUT2D eigenvalue weighted by Crippen LogP contribution is 2.38. The van der Waals surface area contributed by atoms with Gasteiger partial charge in [-0.2, -0.15) is 0 Å². The Morgan fingerprint density at radius 3 is 2.61 bits per heavy atom. The summed E-state index contributed by atoms with van der Waals surface area (Å²) in [6.45, 7) is 7.68. The topological polar surface area (TPSA) is 49.3 Å². The average molecular weight is 314 g/mol. The molecule has 2 saturated heterocycles. The number of nitrogens with zero attached hydrogens (tertiary/aromatic N) is 4. The van der Waals surface area contributed by atoms with Gasteiger partial charge in [0, 0.05) is 32.4 Å². The van der Waals surface area contributed by atoms with Crippen LogP contribution in [0.2, 0.25) is 0 Å². The number of amides is 1. The molecule has 3 heterocycles. The largest absolute Gasteiger partial charge is 0.354 e. The molecular formula is C18H26N4O. The van der Waals surface area contributed by atoms with Gasteiger partial charge in [-0.3, -0.25) is 9.78 Å². The zero-order valence-corrected chi connectivity index (χ0v) is 14.2. The highest BCUT2D eigenvalue weighted by molar-refractivity contribution is 5.80. The zero-order valence-electron chi connectivity index (χ0n) is 14.2. The highest BCUT2D eigenvalue weighted by Gasteiger charge is 2.41. The first-order chi connectivity index (χ1) is 11.1. The molecule has 3 fully saturated rings. The van der Waals surface area contributed by atoms with Crippen LogP contribution in [0, 0.1) is 31.6 Å². The number of hydrogen-bond donors (Lipinski definition) is 0. The van der Waals surface area contributed by atoms with E-state index in [4.69, 9.17) is 0 Å². The lowest BCUT2D eigenvalue weighted by Crippen LogP contribution is -2.36. The average Bonchev–Trinajstić information content (AvgIpc) is 3.23. The third-order valence-electron chi connectivity index (χ3n) is 5.93. The SMILES string of the molecule is Cc1cnc(C)c(N2CCC(C(=O)N3CC4CCCC4C3)C2)n1. The molecular weight excluding hydrogens is 288 g/mol. The van der Waals surface area contributed by atoms with Crippen LogP contribution in [0.25, 0.3) is 0 Å². The monoisotopic (exact) mass is 314 g/mol. The van der Waals surface area contributed by atoms with Crippen LogP contribution in [-0.2, 0) is 4.79 Å². The van der Waals surface area contributed by atoms with Crippen molar-refractivity contribution in [2.24, 2.45) is 17.8 Å². The van der Waals surface area contributed by atoms with Gasteiger partial charge in [-0.1, -0.05) is 6.42 Å². The molecule has 1 saturated carbocycles. The molecule has 0 radical (unpaired) electrons. The van der Waals surface area contributed by atoms with Crippen molar-refractivity contribution in [2.75, 3.05) is 31.1 Å². The molecule has 2 aliphatic heterocycles. The molecule has 5 nitrogen and oxygen atoms in total. The molecule has 0 spiro atoms. The van der Waals surface area contributed by atoms with Crippen LogP contribution in [0.3, 0.4) is 0 Å². The third-order valence-corrected chi connectivity index (χ3v) is 5.93. The molecule has 23 heavy (non-hydrogen) atoms. The van der Waals surface area contributed by atoms with Gasteiger partial charge in [0.25, 0.3) is 0 Å². The fraction of sp³-hybridized carbons (Fsp3) is 0.722. The van der Waals surface area contributed by atoms with Crippen LogP contribution >= 0.6 is 0 Å². The molecule has 5 heteroatoms. The van der Waals surface area contributed by atoms with E-state index in [0.717, 1.165) is 61.6 Å². The molecule has 1 amide bonds. The Morgan fingerprint density at radius 2 is 1.87 bits per heavy atom. The number of carbonyl (C=O) groups excluding carboxylic acids is 1. The van der Waals surface area contributed by atoms with E-state index in [9.17, 15) is 4.79 Å². The van der Waals surface area contributed by atoms with Gasteiger partial charge in [0.05, 0.1) is 17.3 Å². The Kier molecular flexibility index (Phi) is 3.74. The quantitative estimate of drug-likeness (QED) is 0.839.